The second kappa shape index (κ2) is 3.87. The summed E-state index contributed by atoms with van der Waals surface area (Å²) in [6, 6.07) is 0. The van der Waals surface area contributed by atoms with Crippen molar-refractivity contribution < 1.29 is 5.11 Å². The summed E-state index contributed by atoms with van der Waals surface area (Å²) in [5.41, 5.74) is 0. The van der Waals surface area contributed by atoms with E-state index in [-0.39, 0.29) is 4.11 Å². The van der Waals surface area contributed by atoms with Crippen molar-refractivity contribution in [2.24, 2.45) is 0 Å². The molecule has 0 aliphatic rings. The molecule has 0 fully saturated rings. The van der Waals surface area contributed by atoms with E-state index in [0.717, 1.165) is 12.8 Å². The lowest BCUT2D eigenvalue weighted by molar-refractivity contribution is 0.170. The zero-order chi connectivity index (χ0) is 4.99. The van der Waals surface area contributed by atoms with E-state index in [2.05, 4.69) is 0 Å². The second-order valence-corrected chi connectivity index (χ2v) is 2.59. The van der Waals surface area contributed by atoms with Crippen LogP contribution in [0.4, 0.5) is 0 Å². The highest BCUT2D eigenvalue weighted by atomic mass is 127. The quantitative estimate of drug-likeness (QED) is 0.478. The van der Waals surface area contributed by atoms with Crippen molar-refractivity contribution >= 4 is 22.6 Å². The lowest BCUT2D eigenvalue weighted by Crippen LogP contribution is -1.87. The van der Waals surface area contributed by atoms with Crippen LogP contribution >= 0.6 is 22.6 Å². The summed E-state index contributed by atoms with van der Waals surface area (Å²) in [5.74, 6) is 0. The molecule has 1 atom stereocenters. The van der Waals surface area contributed by atoms with Crippen molar-refractivity contribution in [1.82, 2.24) is 0 Å². The second-order valence-electron chi connectivity index (χ2n) is 1.20. The smallest absolute Gasteiger partial charge is 0.144 e. The van der Waals surface area contributed by atoms with Crippen LogP contribution in [0.1, 0.15) is 19.8 Å². The minimum atomic E-state index is -0.382. The molecule has 0 heterocycles. The third-order valence-electron chi connectivity index (χ3n) is 0.516. The molecule has 0 aromatic heterocycles. The van der Waals surface area contributed by atoms with Gasteiger partial charge in [-0.3, -0.25) is 0 Å². The summed E-state index contributed by atoms with van der Waals surface area (Å²) in [5, 5.41) is 10.1. The molecule has 0 aromatic carbocycles. The fourth-order valence-corrected chi connectivity index (χ4v) is 0.850. The Bertz CT molecular complexity index is 28.7. The standard InChI is InChI=1S/C4H8IO/c1-2-3-4(5)6/h4H,2-3H2,1H3. The zero-order valence-corrected chi connectivity index (χ0v) is 5.94. The van der Waals surface area contributed by atoms with Crippen LogP contribution in [-0.4, -0.2) is 4.11 Å². The highest BCUT2D eigenvalue weighted by Crippen LogP contribution is 2.02. The molecule has 1 radical (unpaired) electrons. The van der Waals surface area contributed by atoms with Gasteiger partial charge in [0.05, 0.1) is 0 Å². The largest absolute Gasteiger partial charge is 0.222 e. The zero-order valence-electron chi connectivity index (χ0n) is 3.78. The molecule has 0 aliphatic heterocycles. The van der Waals surface area contributed by atoms with Gasteiger partial charge < -0.3 is 0 Å². The van der Waals surface area contributed by atoms with Crippen LogP contribution in [0, 0.1) is 0 Å². The molecule has 0 aliphatic carbocycles. The van der Waals surface area contributed by atoms with Gasteiger partial charge >= 0.3 is 0 Å². The molecule has 1 unspecified atom stereocenters. The van der Waals surface area contributed by atoms with Crippen LogP contribution in [0.3, 0.4) is 0 Å². The van der Waals surface area contributed by atoms with Gasteiger partial charge in [0.25, 0.3) is 0 Å². The van der Waals surface area contributed by atoms with Gasteiger partial charge in [0, 0.05) is 0 Å². The monoisotopic (exact) mass is 199 g/mol. The Hall–Kier alpha value is 0.690. The molecule has 0 spiro atoms. The maximum Gasteiger partial charge on any atom is 0.144 e. The Labute approximate surface area is 51.9 Å². The van der Waals surface area contributed by atoms with E-state index >= 15 is 0 Å². The molecule has 37 valence electrons. The number of halogens is 1. The van der Waals surface area contributed by atoms with Gasteiger partial charge in [0.15, 0.2) is 0 Å². The van der Waals surface area contributed by atoms with Crippen LogP contribution < -0.4 is 0 Å². The van der Waals surface area contributed by atoms with Crippen molar-refractivity contribution in [3.05, 3.63) is 0 Å². The van der Waals surface area contributed by atoms with Gasteiger partial charge in [-0.05, 0) is 29.0 Å². The maximum absolute atomic E-state index is 10.1. The molecular formula is C4H8IO. The van der Waals surface area contributed by atoms with E-state index in [0.29, 0.717) is 0 Å². The van der Waals surface area contributed by atoms with Crippen LogP contribution in [0.25, 0.3) is 0 Å². The molecule has 2 heteroatoms. The first kappa shape index (κ1) is 6.69. The normalized spacial score (nSPS) is 14.5. The Morgan fingerprint density at radius 3 is 2.33 bits per heavy atom. The third kappa shape index (κ3) is 4.69. The first-order chi connectivity index (χ1) is 2.77. The Morgan fingerprint density at radius 1 is 1.83 bits per heavy atom. The van der Waals surface area contributed by atoms with E-state index in [9.17, 15) is 5.11 Å². The van der Waals surface area contributed by atoms with E-state index in [1.807, 2.05) is 29.5 Å². The van der Waals surface area contributed by atoms with E-state index in [1.54, 1.807) is 0 Å². The van der Waals surface area contributed by atoms with Gasteiger partial charge in [0.1, 0.15) is 4.11 Å². The van der Waals surface area contributed by atoms with E-state index < -0.39 is 0 Å². The molecule has 6 heavy (non-hydrogen) atoms. The molecule has 0 bridgehead atoms. The van der Waals surface area contributed by atoms with Gasteiger partial charge in [-0.2, -0.15) is 0 Å². The summed E-state index contributed by atoms with van der Waals surface area (Å²) in [4.78, 5) is 0. The third-order valence-corrected chi connectivity index (χ3v) is 1.14. The molecule has 0 saturated heterocycles. The minimum absolute atomic E-state index is 0.382. The number of alkyl halides is 1. The summed E-state index contributed by atoms with van der Waals surface area (Å²) < 4.78 is -0.382. The van der Waals surface area contributed by atoms with Crippen molar-refractivity contribution in [2.45, 2.75) is 23.9 Å². The van der Waals surface area contributed by atoms with Crippen LogP contribution in [0.5, 0.6) is 0 Å². The van der Waals surface area contributed by atoms with Crippen molar-refractivity contribution in [1.29, 1.82) is 0 Å². The number of hydrogen-bond donors (Lipinski definition) is 0. The Kier molecular flexibility index (Phi) is 4.31. The number of rotatable bonds is 2. The SMILES string of the molecule is CCCC([O])I. The van der Waals surface area contributed by atoms with Crippen molar-refractivity contribution in [3.8, 4) is 0 Å². The summed E-state index contributed by atoms with van der Waals surface area (Å²) >= 11 is 1.89. The number of hydrogen-bond acceptors (Lipinski definition) is 0. The van der Waals surface area contributed by atoms with Gasteiger partial charge in [-0.25, -0.2) is 5.11 Å². The average Bonchev–Trinajstić information content (AvgIpc) is 1.35. The molecule has 1 nitrogen and oxygen atoms in total. The minimum Gasteiger partial charge on any atom is -0.222 e. The fourth-order valence-electron chi connectivity index (χ4n) is 0.227. The van der Waals surface area contributed by atoms with Crippen LogP contribution in [0.2, 0.25) is 0 Å². The highest BCUT2D eigenvalue weighted by molar-refractivity contribution is 14.1. The first-order valence-corrected chi connectivity index (χ1v) is 3.31. The summed E-state index contributed by atoms with van der Waals surface area (Å²) in [6.07, 6.45) is 1.82. The molecule has 0 N–H and O–H groups in total. The Balaban J connectivity index is 2.63. The topological polar surface area (TPSA) is 19.9 Å². The highest BCUT2D eigenvalue weighted by Gasteiger charge is 1.92. The van der Waals surface area contributed by atoms with Crippen molar-refractivity contribution in [2.75, 3.05) is 0 Å². The lowest BCUT2D eigenvalue weighted by Gasteiger charge is -1.89. The predicted molar refractivity (Wildman–Crippen MR) is 33.4 cm³/mol. The van der Waals surface area contributed by atoms with Gasteiger partial charge in [-0.15, -0.1) is 0 Å². The maximum atomic E-state index is 10.1. The summed E-state index contributed by atoms with van der Waals surface area (Å²) in [7, 11) is 0. The average molecular weight is 199 g/mol. The Morgan fingerprint density at radius 2 is 2.33 bits per heavy atom. The molecule has 0 saturated carbocycles. The molecule has 0 rings (SSSR count). The first-order valence-electron chi connectivity index (χ1n) is 2.07. The van der Waals surface area contributed by atoms with E-state index in [4.69, 9.17) is 0 Å². The van der Waals surface area contributed by atoms with Crippen molar-refractivity contribution in [3.63, 3.8) is 0 Å². The van der Waals surface area contributed by atoms with Gasteiger partial charge in [-0.1, -0.05) is 13.3 Å². The lowest BCUT2D eigenvalue weighted by atomic mass is 10.4. The van der Waals surface area contributed by atoms with Crippen LogP contribution in [0.15, 0.2) is 0 Å². The predicted octanol–water partition coefficient (Wildman–Crippen LogP) is 1.98. The van der Waals surface area contributed by atoms with E-state index in [1.165, 1.54) is 0 Å². The summed E-state index contributed by atoms with van der Waals surface area (Å²) in [6.45, 7) is 2.02. The molecular weight excluding hydrogens is 191 g/mol. The van der Waals surface area contributed by atoms with Crippen LogP contribution in [-0.2, 0) is 5.11 Å². The van der Waals surface area contributed by atoms with Gasteiger partial charge in [0.2, 0.25) is 0 Å². The fraction of sp³-hybridized carbons (Fsp3) is 1.00. The molecule has 0 aromatic rings. The molecule has 0 amide bonds.